The predicted octanol–water partition coefficient (Wildman–Crippen LogP) is 2.72. The van der Waals surface area contributed by atoms with Gasteiger partial charge in [-0.25, -0.2) is 4.98 Å². The predicted molar refractivity (Wildman–Crippen MR) is 89.0 cm³/mol. The SMILES string of the molecule is CCCc1nc(C[S@](=O)CC(=O)NCc2cccs2)cs1. The lowest BCUT2D eigenvalue weighted by atomic mass is 10.3. The summed E-state index contributed by atoms with van der Waals surface area (Å²) in [6.07, 6.45) is 2.01. The first-order valence-corrected chi connectivity index (χ1v) is 9.99. The van der Waals surface area contributed by atoms with Gasteiger partial charge in [-0.1, -0.05) is 13.0 Å². The number of aromatic nitrogens is 1. The molecule has 2 aromatic heterocycles. The molecule has 0 saturated heterocycles. The Morgan fingerprint density at radius 2 is 2.29 bits per heavy atom. The molecule has 0 aliphatic carbocycles. The third kappa shape index (κ3) is 5.68. The monoisotopic (exact) mass is 342 g/mol. The summed E-state index contributed by atoms with van der Waals surface area (Å²) in [6, 6.07) is 3.91. The Labute approximate surface area is 135 Å². The fourth-order valence-electron chi connectivity index (χ4n) is 1.76. The van der Waals surface area contributed by atoms with Crippen LogP contribution in [0.15, 0.2) is 22.9 Å². The number of carbonyl (C=O) groups is 1. The summed E-state index contributed by atoms with van der Waals surface area (Å²) in [4.78, 5) is 17.3. The van der Waals surface area contributed by atoms with E-state index in [0.29, 0.717) is 12.3 Å². The second kappa shape index (κ2) is 8.41. The van der Waals surface area contributed by atoms with E-state index in [1.54, 1.807) is 22.7 Å². The molecule has 114 valence electrons. The van der Waals surface area contributed by atoms with Gasteiger partial charge in [-0.2, -0.15) is 0 Å². The molecule has 2 aromatic rings. The summed E-state index contributed by atoms with van der Waals surface area (Å²) in [5.41, 5.74) is 0.827. The number of thiazole rings is 1. The van der Waals surface area contributed by atoms with E-state index in [2.05, 4.69) is 17.2 Å². The Balaban J connectivity index is 1.74. The van der Waals surface area contributed by atoms with Crippen LogP contribution in [-0.4, -0.2) is 20.9 Å². The second-order valence-corrected chi connectivity index (χ2v) is 8.00. The molecule has 1 N–H and O–H groups in total. The number of hydrogen-bond donors (Lipinski definition) is 1. The van der Waals surface area contributed by atoms with Crippen LogP contribution in [0.3, 0.4) is 0 Å². The summed E-state index contributed by atoms with van der Waals surface area (Å²) in [5.74, 6) is 0.212. The van der Waals surface area contributed by atoms with Gasteiger partial charge in [-0.15, -0.1) is 22.7 Å². The zero-order valence-corrected chi connectivity index (χ0v) is 14.3. The Kier molecular flexibility index (Phi) is 6.53. The topological polar surface area (TPSA) is 59.1 Å². The molecule has 0 aliphatic heterocycles. The van der Waals surface area contributed by atoms with Crippen LogP contribution >= 0.6 is 22.7 Å². The lowest BCUT2D eigenvalue weighted by Crippen LogP contribution is -2.27. The first kappa shape index (κ1) is 16.3. The number of rotatable bonds is 8. The van der Waals surface area contributed by atoms with Crippen molar-refractivity contribution < 1.29 is 9.00 Å². The van der Waals surface area contributed by atoms with Gasteiger partial charge >= 0.3 is 0 Å². The van der Waals surface area contributed by atoms with E-state index in [1.165, 1.54) is 0 Å². The van der Waals surface area contributed by atoms with Crippen molar-refractivity contribution in [1.29, 1.82) is 0 Å². The second-order valence-electron chi connectivity index (χ2n) is 4.57. The number of aryl methyl sites for hydroxylation is 1. The van der Waals surface area contributed by atoms with E-state index in [-0.39, 0.29) is 11.7 Å². The van der Waals surface area contributed by atoms with Crippen LogP contribution in [-0.2, 0) is 34.3 Å². The van der Waals surface area contributed by atoms with Crippen molar-refractivity contribution in [2.24, 2.45) is 0 Å². The van der Waals surface area contributed by atoms with Crippen molar-refractivity contribution >= 4 is 39.4 Å². The van der Waals surface area contributed by atoms with Crippen molar-refractivity contribution in [3.05, 3.63) is 38.5 Å². The molecule has 1 amide bonds. The summed E-state index contributed by atoms with van der Waals surface area (Å²) in [6.45, 7) is 2.61. The van der Waals surface area contributed by atoms with Crippen molar-refractivity contribution in [3.63, 3.8) is 0 Å². The maximum absolute atomic E-state index is 12.0. The summed E-state index contributed by atoms with van der Waals surface area (Å²) in [7, 11) is -1.20. The third-order valence-electron chi connectivity index (χ3n) is 2.70. The maximum Gasteiger partial charge on any atom is 0.232 e. The van der Waals surface area contributed by atoms with Gasteiger partial charge in [0.1, 0.15) is 5.75 Å². The minimum Gasteiger partial charge on any atom is -0.350 e. The molecule has 0 fully saturated rings. The minimum absolute atomic E-state index is 0.0337. The van der Waals surface area contributed by atoms with Crippen molar-refractivity contribution in [2.45, 2.75) is 32.1 Å². The van der Waals surface area contributed by atoms with E-state index in [4.69, 9.17) is 0 Å². The number of thiophene rings is 1. The lowest BCUT2D eigenvalue weighted by molar-refractivity contribution is -0.118. The zero-order chi connectivity index (χ0) is 15.1. The first-order chi connectivity index (χ1) is 10.2. The van der Waals surface area contributed by atoms with E-state index in [1.807, 2.05) is 22.9 Å². The highest BCUT2D eigenvalue weighted by atomic mass is 32.2. The Morgan fingerprint density at radius 1 is 1.43 bits per heavy atom. The van der Waals surface area contributed by atoms with Crippen LogP contribution in [0.4, 0.5) is 0 Å². The van der Waals surface area contributed by atoms with Gasteiger partial charge in [0, 0.05) is 21.1 Å². The molecular formula is C14H18N2O2S3. The smallest absolute Gasteiger partial charge is 0.232 e. The van der Waals surface area contributed by atoms with Crippen LogP contribution in [0.5, 0.6) is 0 Å². The highest BCUT2D eigenvalue weighted by molar-refractivity contribution is 7.84. The molecule has 0 saturated carbocycles. The molecule has 0 radical (unpaired) electrons. The third-order valence-corrected chi connectivity index (χ3v) is 5.74. The minimum atomic E-state index is -1.20. The van der Waals surface area contributed by atoms with E-state index >= 15 is 0 Å². The number of hydrogen-bond acceptors (Lipinski definition) is 5. The molecule has 7 heteroatoms. The van der Waals surface area contributed by atoms with Gasteiger partial charge < -0.3 is 5.32 Å². The largest absolute Gasteiger partial charge is 0.350 e. The van der Waals surface area contributed by atoms with Gasteiger partial charge in [0.15, 0.2) is 0 Å². The molecule has 4 nitrogen and oxygen atoms in total. The molecule has 1 atom stereocenters. The summed E-state index contributed by atoms with van der Waals surface area (Å²) in [5, 5.41) is 7.77. The number of carbonyl (C=O) groups excluding carboxylic acids is 1. The Morgan fingerprint density at radius 3 is 3.00 bits per heavy atom. The maximum atomic E-state index is 12.0. The van der Waals surface area contributed by atoms with Crippen LogP contribution < -0.4 is 5.32 Å². The first-order valence-electron chi connectivity index (χ1n) is 6.74. The van der Waals surface area contributed by atoms with E-state index < -0.39 is 10.8 Å². The average molecular weight is 343 g/mol. The fraction of sp³-hybridized carbons (Fsp3) is 0.429. The van der Waals surface area contributed by atoms with Crippen molar-refractivity contribution in [2.75, 3.05) is 5.75 Å². The highest BCUT2D eigenvalue weighted by Crippen LogP contribution is 2.13. The van der Waals surface area contributed by atoms with Gasteiger partial charge in [0.05, 0.1) is 23.0 Å². The number of nitrogens with zero attached hydrogens (tertiary/aromatic N) is 1. The Hall–Kier alpha value is -1.05. The lowest BCUT2D eigenvalue weighted by Gasteiger charge is -2.03. The zero-order valence-electron chi connectivity index (χ0n) is 11.8. The van der Waals surface area contributed by atoms with Crippen LogP contribution in [0.25, 0.3) is 0 Å². The fourth-order valence-corrected chi connectivity index (χ4v) is 4.38. The number of nitrogens with one attached hydrogen (secondary N) is 1. The van der Waals surface area contributed by atoms with Crippen LogP contribution in [0.2, 0.25) is 0 Å². The average Bonchev–Trinajstić information content (AvgIpc) is 3.08. The summed E-state index contributed by atoms with van der Waals surface area (Å²) < 4.78 is 12.0. The van der Waals surface area contributed by atoms with Gasteiger partial charge in [0.2, 0.25) is 5.91 Å². The summed E-state index contributed by atoms with van der Waals surface area (Å²) >= 11 is 3.19. The Bertz CT molecular complexity index is 593. The normalized spacial score (nSPS) is 12.2. The van der Waals surface area contributed by atoms with Gasteiger partial charge in [-0.05, 0) is 24.3 Å². The van der Waals surface area contributed by atoms with Gasteiger partial charge in [-0.3, -0.25) is 9.00 Å². The quantitative estimate of drug-likeness (QED) is 0.802. The molecule has 0 unspecified atom stereocenters. The highest BCUT2D eigenvalue weighted by Gasteiger charge is 2.11. The van der Waals surface area contributed by atoms with Crippen molar-refractivity contribution in [1.82, 2.24) is 10.3 Å². The van der Waals surface area contributed by atoms with E-state index in [0.717, 1.165) is 28.4 Å². The molecule has 0 spiro atoms. The number of amides is 1. The molecular weight excluding hydrogens is 324 g/mol. The van der Waals surface area contributed by atoms with Crippen molar-refractivity contribution in [3.8, 4) is 0 Å². The van der Waals surface area contributed by atoms with Crippen LogP contribution in [0, 0.1) is 0 Å². The molecule has 0 bridgehead atoms. The van der Waals surface area contributed by atoms with E-state index in [9.17, 15) is 9.00 Å². The molecule has 21 heavy (non-hydrogen) atoms. The molecule has 0 aliphatic rings. The molecule has 2 heterocycles. The molecule has 0 aromatic carbocycles. The standard InChI is InChI=1S/C14H18N2O2S3/c1-2-4-14-16-11(8-20-14)9-21(18)10-13(17)15-7-12-5-3-6-19-12/h3,5-6,8H,2,4,7,9-10H2,1H3,(H,15,17)/t21-/m0/s1. The van der Waals surface area contributed by atoms with Gasteiger partial charge in [0.25, 0.3) is 0 Å². The molecule has 2 rings (SSSR count). The van der Waals surface area contributed by atoms with Crippen LogP contribution in [0.1, 0.15) is 28.9 Å².